The summed E-state index contributed by atoms with van der Waals surface area (Å²) < 4.78 is 27.0. The molecular weight excluding hydrogens is 392 g/mol. The quantitative estimate of drug-likeness (QED) is 0.721. The largest absolute Gasteiger partial charge is 0.346 e. The normalized spacial score (nSPS) is 16.7. The molecule has 1 heterocycles. The van der Waals surface area contributed by atoms with Crippen molar-refractivity contribution in [3.63, 3.8) is 0 Å². The fourth-order valence-corrected chi connectivity index (χ4v) is 4.93. The van der Waals surface area contributed by atoms with E-state index in [0.29, 0.717) is 19.4 Å². The van der Waals surface area contributed by atoms with Crippen LogP contribution in [0.15, 0.2) is 59.5 Å². The van der Waals surface area contributed by atoms with Crippen molar-refractivity contribution in [3.8, 4) is 6.07 Å². The maximum Gasteiger partial charge on any atom is 0.313 e. The van der Waals surface area contributed by atoms with Crippen LogP contribution in [0.1, 0.15) is 18.4 Å². The molecule has 3 rings (SSSR count). The van der Waals surface area contributed by atoms with Crippen molar-refractivity contribution >= 4 is 27.5 Å². The average Bonchev–Trinajstić information content (AvgIpc) is 3.22. The minimum absolute atomic E-state index is 0.0260. The van der Waals surface area contributed by atoms with Gasteiger partial charge in [0.05, 0.1) is 16.1 Å². The van der Waals surface area contributed by atoms with Gasteiger partial charge >= 0.3 is 11.8 Å². The van der Waals surface area contributed by atoms with E-state index in [2.05, 4.69) is 10.6 Å². The van der Waals surface area contributed by atoms with E-state index in [0.717, 1.165) is 0 Å². The lowest BCUT2D eigenvalue weighted by Crippen LogP contribution is -2.45. The molecular formula is C20H20N4O4S. The van der Waals surface area contributed by atoms with E-state index in [1.807, 2.05) is 6.07 Å². The van der Waals surface area contributed by atoms with Crippen LogP contribution in [0.5, 0.6) is 0 Å². The average molecular weight is 412 g/mol. The van der Waals surface area contributed by atoms with E-state index in [-0.39, 0.29) is 22.7 Å². The Hall–Kier alpha value is -3.22. The maximum absolute atomic E-state index is 12.8. The van der Waals surface area contributed by atoms with Gasteiger partial charge in [0.1, 0.15) is 6.07 Å². The molecule has 0 aromatic heterocycles. The number of sulfonamides is 1. The standard InChI is InChI=1S/C20H20N4O4S/c21-13-15-7-4-5-11-18(15)23-20(26)19(25)22-14-16-8-6-12-24(16)29(27,28)17-9-2-1-3-10-17/h1-5,7,9-11,16H,6,8,12,14H2,(H,22,25)(H,23,26). The fourth-order valence-electron chi connectivity index (χ4n) is 3.22. The number of benzene rings is 2. The van der Waals surface area contributed by atoms with Crippen LogP contribution >= 0.6 is 0 Å². The molecule has 150 valence electrons. The predicted molar refractivity (Wildman–Crippen MR) is 106 cm³/mol. The molecule has 29 heavy (non-hydrogen) atoms. The zero-order chi connectivity index (χ0) is 20.9. The summed E-state index contributed by atoms with van der Waals surface area (Å²) in [5, 5.41) is 13.9. The molecule has 1 atom stereocenters. The molecule has 0 spiro atoms. The van der Waals surface area contributed by atoms with E-state index in [1.54, 1.807) is 30.3 Å². The first-order chi connectivity index (χ1) is 13.9. The van der Waals surface area contributed by atoms with Crippen molar-refractivity contribution in [3.05, 3.63) is 60.2 Å². The molecule has 2 aromatic rings. The molecule has 1 unspecified atom stereocenters. The third-order valence-corrected chi connectivity index (χ3v) is 6.64. The SMILES string of the molecule is N#Cc1ccccc1NC(=O)C(=O)NCC1CCCN1S(=O)(=O)c1ccccc1. The number of para-hydroxylation sites is 1. The van der Waals surface area contributed by atoms with Crippen LogP contribution in [0.3, 0.4) is 0 Å². The Morgan fingerprint density at radius 3 is 2.48 bits per heavy atom. The Morgan fingerprint density at radius 1 is 1.07 bits per heavy atom. The highest BCUT2D eigenvalue weighted by Gasteiger charge is 2.35. The lowest BCUT2D eigenvalue weighted by atomic mass is 10.2. The highest BCUT2D eigenvalue weighted by molar-refractivity contribution is 7.89. The minimum atomic E-state index is -3.67. The van der Waals surface area contributed by atoms with E-state index in [4.69, 9.17) is 5.26 Å². The minimum Gasteiger partial charge on any atom is -0.346 e. The summed E-state index contributed by atoms with van der Waals surface area (Å²) in [6, 6.07) is 16.0. The van der Waals surface area contributed by atoms with Crippen LogP contribution < -0.4 is 10.6 Å². The molecule has 0 radical (unpaired) electrons. The van der Waals surface area contributed by atoms with Gasteiger partial charge in [0, 0.05) is 19.1 Å². The number of hydrogen-bond donors (Lipinski definition) is 2. The van der Waals surface area contributed by atoms with Crippen molar-refractivity contribution in [2.24, 2.45) is 0 Å². The molecule has 1 aliphatic rings. The van der Waals surface area contributed by atoms with Crippen molar-refractivity contribution in [1.29, 1.82) is 5.26 Å². The van der Waals surface area contributed by atoms with Gasteiger partial charge in [-0.1, -0.05) is 30.3 Å². The number of carbonyl (C=O) groups is 2. The van der Waals surface area contributed by atoms with Crippen LogP contribution in [-0.2, 0) is 19.6 Å². The maximum atomic E-state index is 12.8. The molecule has 1 saturated heterocycles. The van der Waals surface area contributed by atoms with Crippen LogP contribution in [0, 0.1) is 11.3 Å². The van der Waals surface area contributed by atoms with Gasteiger partial charge in [0.2, 0.25) is 10.0 Å². The smallest absolute Gasteiger partial charge is 0.313 e. The second-order valence-electron chi connectivity index (χ2n) is 6.55. The highest BCUT2D eigenvalue weighted by atomic mass is 32.2. The molecule has 1 fully saturated rings. The number of hydrogen-bond acceptors (Lipinski definition) is 5. The number of anilines is 1. The zero-order valence-electron chi connectivity index (χ0n) is 15.5. The Kier molecular flexibility index (Phi) is 6.26. The number of nitrogens with one attached hydrogen (secondary N) is 2. The Bertz CT molecular complexity index is 1050. The topological polar surface area (TPSA) is 119 Å². The Balaban J connectivity index is 1.62. The van der Waals surface area contributed by atoms with E-state index >= 15 is 0 Å². The van der Waals surface area contributed by atoms with Gasteiger partial charge in [-0.15, -0.1) is 0 Å². The summed E-state index contributed by atoms with van der Waals surface area (Å²) in [5.41, 5.74) is 0.480. The van der Waals surface area contributed by atoms with E-state index < -0.39 is 27.9 Å². The van der Waals surface area contributed by atoms with Crippen LogP contribution in [-0.4, -0.2) is 43.7 Å². The predicted octanol–water partition coefficient (Wildman–Crippen LogP) is 1.47. The number of carbonyl (C=O) groups excluding carboxylic acids is 2. The molecule has 2 amide bonds. The first-order valence-corrected chi connectivity index (χ1v) is 10.5. The first kappa shape index (κ1) is 20.5. The van der Waals surface area contributed by atoms with Crippen LogP contribution in [0.2, 0.25) is 0 Å². The summed E-state index contributed by atoms with van der Waals surface area (Å²) >= 11 is 0. The van der Waals surface area contributed by atoms with E-state index in [9.17, 15) is 18.0 Å². The number of nitriles is 1. The second-order valence-corrected chi connectivity index (χ2v) is 8.44. The summed E-state index contributed by atoms with van der Waals surface area (Å²) in [6.45, 7) is 0.387. The van der Waals surface area contributed by atoms with Gasteiger partial charge in [-0.25, -0.2) is 8.42 Å². The molecule has 8 nitrogen and oxygen atoms in total. The van der Waals surface area contributed by atoms with Gasteiger partial charge in [-0.05, 0) is 37.1 Å². The Labute approximate surface area is 169 Å². The van der Waals surface area contributed by atoms with Gasteiger partial charge in [-0.3, -0.25) is 9.59 Å². The van der Waals surface area contributed by atoms with Crippen molar-refractivity contribution in [1.82, 2.24) is 9.62 Å². The van der Waals surface area contributed by atoms with Gasteiger partial charge < -0.3 is 10.6 Å². The first-order valence-electron chi connectivity index (χ1n) is 9.08. The third-order valence-electron chi connectivity index (χ3n) is 4.67. The monoisotopic (exact) mass is 412 g/mol. The van der Waals surface area contributed by atoms with Crippen LogP contribution in [0.25, 0.3) is 0 Å². The molecule has 2 N–H and O–H groups in total. The van der Waals surface area contributed by atoms with Gasteiger partial charge in [0.25, 0.3) is 0 Å². The molecule has 9 heteroatoms. The second kappa shape index (κ2) is 8.86. The number of amides is 2. The number of rotatable bonds is 5. The fraction of sp³-hybridized carbons (Fsp3) is 0.250. The van der Waals surface area contributed by atoms with Crippen molar-refractivity contribution in [2.45, 2.75) is 23.8 Å². The van der Waals surface area contributed by atoms with Crippen molar-refractivity contribution < 1.29 is 18.0 Å². The molecule has 0 saturated carbocycles. The van der Waals surface area contributed by atoms with Gasteiger partial charge in [-0.2, -0.15) is 9.57 Å². The summed E-state index contributed by atoms with van der Waals surface area (Å²) in [5.74, 6) is -1.80. The highest BCUT2D eigenvalue weighted by Crippen LogP contribution is 2.25. The summed E-state index contributed by atoms with van der Waals surface area (Å²) in [4.78, 5) is 24.5. The molecule has 2 aromatic carbocycles. The van der Waals surface area contributed by atoms with Crippen LogP contribution in [0.4, 0.5) is 5.69 Å². The van der Waals surface area contributed by atoms with Gasteiger partial charge in [0.15, 0.2) is 0 Å². The molecule has 0 bridgehead atoms. The summed E-state index contributed by atoms with van der Waals surface area (Å²) in [6.07, 6.45) is 1.26. The van der Waals surface area contributed by atoms with Crippen molar-refractivity contribution in [2.75, 3.05) is 18.4 Å². The third kappa shape index (κ3) is 4.62. The molecule has 1 aliphatic heterocycles. The zero-order valence-corrected chi connectivity index (χ0v) is 16.4. The Morgan fingerprint density at radius 2 is 1.76 bits per heavy atom. The molecule has 0 aliphatic carbocycles. The summed E-state index contributed by atoms with van der Waals surface area (Å²) in [7, 11) is -3.67. The number of nitrogens with zero attached hydrogens (tertiary/aromatic N) is 2. The van der Waals surface area contributed by atoms with E-state index in [1.165, 1.54) is 28.6 Å². The lowest BCUT2D eigenvalue weighted by Gasteiger charge is -2.24. The lowest BCUT2D eigenvalue weighted by molar-refractivity contribution is -0.136.